The molecule has 0 aliphatic carbocycles. The van der Waals surface area contributed by atoms with Gasteiger partial charge in [0.15, 0.2) is 11.6 Å². The first-order chi connectivity index (χ1) is 9.13. The Balaban J connectivity index is 2.19. The summed E-state index contributed by atoms with van der Waals surface area (Å²) >= 11 is 1.63. The number of hydrogen-bond donors (Lipinski definition) is 1. The van der Waals surface area contributed by atoms with Crippen LogP contribution in [0.25, 0.3) is 0 Å². The van der Waals surface area contributed by atoms with Crippen LogP contribution in [0.1, 0.15) is 22.3 Å². The van der Waals surface area contributed by atoms with Crippen molar-refractivity contribution in [3.05, 3.63) is 45.7 Å². The number of aryl methyl sites for hydroxylation is 1. The summed E-state index contributed by atoms with van der Waals surface area (Å²) < 4.78 is 18.7. The summed E-state index contributed by atoms with van der Waals surface area (Å²) in [6, 6.07) is 5.09. The lowest BCUT2D eigenvalue weighted by atomic mass is 10.0. The van der Waals surface area contributed by atoms with E-state index in [0.29, 0.717) is 0 Å². The molecule has 3 nitrogen and oxygen atoms in total. The summed E-state index contributed by atoms with van der Waals surface area (Å²) in [7, 11) is 3.33. The van der Waals surface area contributed by atoms with E-state index < -0.39 is 0 Å². The normalized spacial score (nSPS) is 12.4. The molecule has 2 rings (SSSR count). The quantitative estimate of drug-likeness (QED) is 0.914. The van der Waals surface area contributed by atoms with Crippen molar-refractivity contribution in [2.45, 2.75) is 19.4 Å². The van der Waals surface area contributed by atoms with E-state index in [-0.39, 0.29) is 17.6 Å². The zero-order chi connectivity index (χ0) is 13.8. The van der Waals surface area contributed by atoms with E-state index in [1.165, 1.54) is 13.2 Å². The van der Waals surface area contributed by atoms with Crippen LogP contribution in [0, 0.1) is 12.7 Å². The number of hydrogen-bond acceptors (Lipinski definition) is 4. The molecule has 0 bridgehead atoms. The van der Waals surface area contributed by atoms with E-state index >= 15 is 0 Å². The molecular weight excluding hydrogens is 263 g/mol. The van der Waals surface area contributed by atoms with Gasteiger partial charge in [-0.25, -0.2) is 9.37 Å². The summed E-state index contributed by atoms with van der Waals surface area (Å²) in [4.78, 5) is 4.44. The Kier molecular flexibility index (Phi) is 4.50. The number of benzene rings is 1. The highest BCUT2D eigenvalue weighted by molar-refractivity contribution is 7.09. The van der Waals surface area contributed by atoms with Gasteiger partial charge in [0.2, 0.25) is 0 Å². The highest BCUT2D eigenvalue weighted by Crippen LogP contribution is 2.24. The standard InChI is InChI=1S/C14H17FN2OS/c1-9-17-11(8-19-9)7-13(16-2)10-4-5-14(18-3)12(15)6-10/h4-6,8,13,16H,7H2,1-3H3. The number of rotatable bonds is 5. The number of halogens is 1. The van der Waals surface area contributed by atoms with Crippen molar-refractivity contribution in [1.82, 2.24) is 10.3 Å². The van der Waals surface area contributed by atoms with Gasteiger partial charge in [0.1, 0.15) is 0 Å². The van der Waals surface area contributed by atoms with Crippen LogP contribution in [-0.2, 0) is 6.42 Å². The average molecular weight is 280 g/mol. The molecule has 0 amide bonds. The molecule has 0 aliphatic rings. The first-order valence-electron chi connectivity index (χ1n) is 6.05. The SMILES string of the molecule is CNC(Cc1csc(C)n1)c1ccc(OC)c(F)c1. The molecule has 2 aromatic rings. The first-order valence-corrected chi connectivity index (χ1v) is 6.93. The Morgan fingerprint density at radius 1 is 1.47 bits per heavy atom. The Morgan fingerprint density at radius 2 is 2.26 bits per heavy atom. The minimum absolute atomic E-state index is 0.0434. The van der Waals surface area contributed by atoms with E-state index in [0.717, 1.165) is 22.7 Å². The molecule has 19 heavy (non-hydrogen) atoms. The molecule has 1 aromatic heterocycles. The summed E-state index contributed by atoms with van der Waals surface area (Å²) in [5.74, 6) is -0.0715. The fourth-order valence-electron chi connectivity index (χ4n) is 2.00. The van der Waals surface area contributed by atoms with Crippen LogP contribution < -0.4 is 10.1 Å². The van der Waals surface area contributed by atoms with Crippen LogP contribution in [-0.4, -0.2) is 19.1 Å². The minimum atomic E-state index is -0.338. The molecular formula is C14H17FN2OS. The number of aromatic nitrogens is 1. The lowest BCUT2D eigenvalue weighted by Crippen LogP contribution is -2.19. The summed E-state index contributed by atoms with van der Waals surface area (Å²) in [6.45, 7) is 1.98. The molecule has 1 heterocycles. The van der Waals surface area contributed by atoms with Crippen molar-refractivity contribution in [3.63, 3.8) is 0 Å². The molecule has 0 spiro atoms. The monoisotopic (exact) mass is 280 g/mol. The van der Waals surface area contributed by atoms with E-state index in [4.69, 9.17) is 4.74 Å². The van der Waals surface area contributed by atoms with E-state index in [1.807, 2.05) is 25.4 Å². The van der Waals surface area contributed by atoms with Crippen molar-refractivity contribution in [1.29, 1.82) is 0 Å². The van der Waals surface area contributed by atoms with Gasteiger partial charge in [-0.3, -0.25) is 0 Å². The first kappa shape index (κ1) is 14.0. The Morgan fingerprint density at radius 3 is 2.79 bits per heavy atom. The van der Waals surface area contributed by atoms with Gasteiger partial charge in [0.25, 0.3) is 0 Å². The van der Waals surface area contributed by atoms with Crippen LogP contribution in [0.5, 0.6) is 5.75 Å². The van der Waals surface area contributed by atoms with Crippen molar-refractivity contribution in [2.24, 2.45) is 0 Å². The Hall–Kier alpha value is -1.46. The van der Waals surface area contributed by atoms with Gasteiger partial charge < -0.3 is 10.1 Å². The van der Waals surface area contributed by atoms with Gasteiger partial charge in [-0.2, -0.15) is 0 Å². The van der Waals surface area contributed by atoms with Crippen LogP contribution in [0.4, 0.5) is 4.39 Å². The number of nitrogens with zero attached hydrogens (tertiary/aromatic N) is 1. The largest absolute Gasteiger partial charge is 0.494 e. The third-order valence-electron chi connectivity index (χ3n) is 3.01. The second-order valence-corrected chi connectivity index (χ2v) is 5.36. The number of methoxy groups -OCH3 is 1. The second kappa shape index (κ2) is 6.12. The maximum absolute atomic E-state index is 13.7. The fourth-order valence-corrected chi connectivity index (χ4v) is 2.62. The molecule has 0 aliphatic heterocycles. The fraction of sp³-hybridized carbons (Fsp3) is 0.357. The van der Waals surface area contributed by atoms with Crippen molar-refractivity contribution < 1.29 is 9.13 Å². The molecule has 1 N–H and O–H groups in total. The van der Waals surface area contributed by atoms with Crippen LogP contribution >= 0.6 is 11.3 Å². The number of ether oxygens (including phenoxy) is 1. The topological polar surface area (TPSA) is 34.2 Å². The average Bonchev–Trinajstić information content (AvgIpc) is 2.81. The number of likely N-dealkylation sites (N-methyl/N-ethyl adjacent to an activating group) is 1. The predicted molar refractivity (Wildman–Crippen MR) is 75.3 cm³/mol. The zero-order valence-corrected chi connectivity index (χ0v) is 12.1. The van der Waals surface area contributed by atoms with Gasteiger partial charge in [-0.15, -0.1) is 11.3 Å². The molecule has 102 valence electrons. The maximum atomic E-state index is 13.7. The maximum Gasteiger partial charge on any atom is 0.165 e. The molecule has 0 fully saturated rings. The van der Waals surface area contributed by atoms with Crippen molar-refractivity contribution >= 4 is 11.3 Å². The van der Waals surface area contributed by atoms with Crippen molar-refractivity contribution in [2.75, 3.05) is 14.2 Å². The van der Waals surface area contributed by atoms with E-state index in [9.17, 15) is 4.39 Å². The molecule has 1 atom stereocenters. The second-order valence-electron chi connectivity index (χ2n) is 4.30. The smallest absolute Gasteiger partial charge is 0.165 e. The number of thiazole rings is 1. The van der Waals surface area contributed by atoms with Crippen LogP contribution in [0.2, 0.25) is 0 Å². The molecule has 0 saturated carbocycles. The van der Waals surface area contributed by atoms with Gasteiger partial charge in [0.05, 0.1) is 17.8 Å². The number of nitrogens with one attached hydrogen (secondary N) is 1. The van der Waals surface area contributed by atoms with E-state index in [2.05, 4.69) is 10.3 Å². The Bertz CT molecular complexity index is 556. The molecule has 0 radical (unpaired) electrons. The highest BCUT2D eigenvalue weighted by Gasteiger charge is 2.14. The lowest BCUT2D eigenvalue weighted by molar-refractivity contribution is 0.385. The summed E-state index contributed by atoms with van der Waals surface area (Å²) in [5, 5.41) is 6.29. The lowest BCUT2D eigenvalue weighted by Gasteiger charge is -2.16. The minimum Gasteiger partial charge on any atom is -0.494 e. The molecule has 0 saturated heterocycles. The predicted octanol–water partition coefficient (Wildman–Crippen LogP) is 3.10. The van der Waals surface area contributed by atoms with E-state index in [1.54, 1.807) is 17.4 Å². The van der Waals surface area contributed by atoms with Gasteiger partial charge in [-0.1, -0.05) is 6.07 Å². The highest BCUT2D eigenvalue weighted by atomic mass is 32.1. The third-order valence-corrected chi connectivity index (χ3v) is 3.83. The molecule has 1 unspecified atom stereocenters. The van der Waals surface area contributed by atoms with Crippen LogP contribution in [0.3, 0.4) is 0 Å². The van der Waals surface area contributed by atoms with Crippen molar-refractivity contribution in [3.8, 4) is 5.75 Å². The molecule has 5 heteroatoms. The summed E-state index contributed by atoms with van der Waals surface area (Å²) in [5.41, 5.74) is 1.92. The van der Waals surface area contributed by atoms with Gasteiger partial charge in [-0.05, 0) is 31.7 Å². The van der Waals surface area contributed by atoms with Crippen LogP contribution in [0.15, 0.2) is 23.6 Å². The van der Waals surface area contributed by atoms with Gasteiger partial charge >= 0.3 is 0 Å². The molecule has 1 aromatic carbocycles. The summed E-state index contributed by atoms with van der Waals surface area (Å²) in [6.07, 6.45) is 0.743. The van der Waals surface area contributed by atoms with Gasteiger partial charge in [0, 0.05) is 17.8 Å². The zero-order valence-electron chi connectivity index (χ0n) is 11.2. The Labute approximate surface area is 116 Å². The third kappa shape index (κ3) is 3.30.